The third kappa shape index (κ3) is 1.40. The van der Waals surface area contributed by atoms with E-state index in [-0.39, 0.29) is 0 Å². The maximum Gasteiger partial charge on any atom is 0.201 e. The van der Waals surface area contributed by atoms with Crippen LogP contribution in [0.3, 0.4) is 0 Å². The van der Waals surface area contributed by atoms with Gasteiger partial charge in [-0.3, -0.25) is 0 Å². The van der Waals surface area contributed by atoms with Gasteiger partial charge in [0.15, 0.2) is 0 Å². The first-order chi connectivity index (χ1) is 6.59. The average molecular weight is 209 g/mol. The fourth-order valence-corrected chi connectivity index (χ4v) is 2.01. The Morgan fingerprint density at radius 3 is 2.71 bits per heavy atom. The van der Waals surface area contributed by atoms with Crippen LogP contribution in [0.2, 0.25) is 5.28 Å². The van der Waals surface area contributed by atoms with Crippen LogP contribution in [-0.4, -0.2) is 9.97 Å². The molecule has 0 fully saturated rings. The lowest BCUT2D eigenvalue weighted by molar-refractivity contribution is 0.859. The lowest BCUT2D eigenvalue weighted by atomic mass is 9.97. The zero-order chi connectivity index (χ0) is 10.3. The van der Waals surface area contributed by atoms with Crippen molar-refractivity contribution in [3.8, 4) is 0 Å². The molecule has 2 nitrogen and oxygen atoms in total. The largest absolute Gasteiger partial charge is 0.329 e. The van der Waals surface area contributed by atoms with Crippen LogP contribution in [-0.2, 0) is 0 Å². The summed E-state index contributed by atoms with van der Waals surface area (Å²) < 4.78 is 0. The number of imidazole rings is 1. The molecule has 0 aliphatic heterocycles. The van der Waals surface area contributed by atoms with Gasteiger partial charge in [0, 0.05) is 0 Å². The molecule has 2 aromatic rings. The number of nitrogens with zero attached hydrogens (tertiary/aromatic N) is 1. The predicted molar refractivity (Wildman–Crippen MR) is 59.9 cm³/mol. The van der Waals surface area contributed by atoms with E-state index in [1.807, 2.05) is 6.07 Å². The third-order valence-electron chi connectivity index (χ3n) is 2.54. The lowest BCUT2D eigenvalue weighted by Gasteiger charge is -2.09. The topological polar surface area (TPSA) is 28.7 Å². The Bertz CT molecular complexity index is 471. The molecule has 0 amide bonds. The Hall–Kier alpha value is -1.02. The normalized spacial score (nSPS) is 11.5. The van der Waals surface area contributed by atoms with Gasteiger partial charge in [-0.05, 0) is 41.6 Å². The van der Waals surface area contributed by atoms with Gasteiger partial charge < -0.3 is 4.98 Å². The molecule has 0 bridgehead atoms. The Labute approximate surface area is 88.3 Å². The number of aromatic amines is 1. The van der Waals surface area contributed by atoms with Gasteiger partial charge in [-0.1, -0.05) is 19.9 Å². The van der Waals surface area contributed by atoms with E-state index in [0.717, 1.165) is 11.0 Å². The summed E-state index contributed by atoms with van der Waals surface area (Å²) in [6.45, 7) is 6.46. The number of halogens is 1. The molecule has 0 aliphatic rings. The smallest absolute Gasteiger partial charge is 0.201 e. The molecule has 2 rings (SSSR count). The minimum atomic E-state index is 0.462. The standard InChI is InChI=1S/C11H13ClN2/c1-6(2)8-4-5-9-10(7(8)3)14-11(12)13-9/h4-6H,1-3H3,(H,13,14). The fraction of sp³-hybridized carbons (Fsp3) is 0.364. The van der Waals surface area contributed by atoms with Crippen molar-refractivity contribution in [2.24, 2.45) is 0 Å². The second-order valence-electron chi connectivity index (χ2n) is 3.86. The van der Waals surface area contributed by atoms with Crippen LogP contribution < -0.4 is 0 Å². The molecule has 0 saturated heterocycles. The molecule has 14 heavy (non-hydrogen) atoms. The Kier molecular flexibility index (Phi) is 2.23. The van der Waals surface area contributed by atoms with Crippen molar-refractivity contribution in [3.05, 3.63) is 28.5 Å². The van der Waals surface area contributed by atoms with Crippen molar-refractivity contribution in [1.29, 1.82) is 0 Å². The number of benzene rings is 1. The van der Waals surface area contributed by atoms with E-state index in [9.17, 15) is 0 Å². The molecular weight excluding hydrogens is 196 g/mol. The van der Waals surface area contributed by atoms with Crippen molar-refractivity contribution in [3.63, 3.8) is 0 Å². The van der Waals surface area contributed by atoms with Gasteiger partial charge in [0.25, 0.3) is 0 Å². The summed E-state index contributed by atoms with van der Waals surface area (Å²) in [6, 6.07) is 4.17. The van der Waals surface area contributed by atoms with Gasteiger partial charge in [0.1, 0.15) is 0 Å². The van der Waals surface area contributed by atoms with Crippen LogP contribution >= 0.6 is 11.6 Å². The van der Waals surface area contributed by atoms with E-state index < -0.39 is 0 Å². The highest BCUT2D eigenvalue weighted by Gasteiger charge is 2.09. The van der Waals surface area contributed by atoms with Gasteiger partial charge in [-0.25, -0.2) is 4.98 Å². The number of fused-ring (bicyclic) bond motifs is 1. The number of hydrogen-bond donors (Lipinski definition) is 1. The van der Waals surface area contributed by atoms with E-state index in [1.54, 1.807) is 0 Å². The molecule has 3 heteroatoms. The van der Waals surface area contributed by atoms with E-state index >= 15 is 0 Å². The molecule has 74 valence electrons. The summed E-state index contributed by atoms with van der Waals surface area (Å²) >= 11 is 5.82. The molecule has 0 saturated carbocycles. The molecule has 0 aliphatic carbocycles. The zero-order valence-corrected chi connectivity index (χ0v) is 9.31. The predicted octanol–water partition coefficient (Wildman–Crippen LogP) is 3.65. The highest BCUT2D eigenvalue weighted by atomic mass is 35.5. The van der Waals surface area contributed by atoms with Crippen LogP contribution in [0.25, 0.3) is 11.0 Å². The first-order valence-electron chi connectivity index (χ1n) is 4.74. The van der Waals surface area contributed by atoms with Gasteiger partial charge >= 0.3 is 0 Å². The number of nitrogens with one attached hydrogen (secondary N) is 1. The first-order valence-corrected chi connectivity index (χ1v) is 5.12. The van der Waals surface area contributed by atoms with Crippen molar-refractivity contribution < 1.29 is 0 Å². The number of H-pyrrole nitrogens is 1. The summed E-state index contributed by atoms with van der Waals surface area (Å²) in [5, 5.41) is 0.462. The number of hydrogen-bond acceptors (Lipinski definition) is 1. The van der Waals surface area contributed by atoms with Gasteiger partial charge in [-0.2, -0.15) is 0 Å². The van der Waals surface area contributed by atoms with Crippen molar-refractivity contribution in [1.82, 2.24) is 9.97 Å². The molecule has 1 aromatic carbocycles. The second-order valence-corrected chi connectivity index (χ2v) is 4.22. The number of aryl methyl sites for hydroxylation is 1. The summed E-state index contributed by atoms with van der Waals surface area (Å²) in [6.07, 6.45) is 0. The van der Waals surface area contributed by atoms with Gasteiger partial charge in [0.05, 0.1) is 11.0 Å². The summed E-state index contributed by atoms with van der Waals surface area (Å²) in [7, 11) is 0. The monoisotopic (exact) mass is 208 g/mol. The molecule has 0 radical (unpaired) electrons. The highest BCUT2D eigenvalue weighted by molar-refractivity contribution is 6.29. The molecular formula is C11H13ClN2. The molecule has 1 heterocycles. The Morgan fingerprint density at radius 2 is 2.07 bits per heavy atom. The third-order valence-corrected chi connectivity index (χ3v) is 2.72. The zero-order valence-electron chi connectivity index (χ0n) is 8.56. The quantitative estimate of drug-likeness (QED) is 0.762. The summed E-state index contributed by atoms with van der Waals surface area (Å²) in [5.41, 5.74) is 4.56. The van der Waals surface area contributed by atoms with Crippen LogP contribution in [0.15, 0.2) is 12.1 Å². The summed E-state index contributed by atoms with van der Waals surface area (Å²) in [5.74, 6) is 0.523. The van der Waals surface area contributed by atoms with Gasteiger partial charge in [-0.15, -0.1) is 0 Å². The first kappa shape index (κ1) is 9.53. The minimum Gasteiger partial charge on any atom is -0.329 e. The van der Waals surface area contributed by atoms with Crippen LogP contribution in [0.1, 0.15) is 30.9 Å². The van der Waals surface area contributed by atoms with Crippen LogP contribution in [0.5, 0.6) is 0 Å². The van der Waals surface area contributed by atoms with Crippen molar-refractivity contribution >= 4 is 22.6 Å². The number of aromatic nitrogens is 2. The SMILES string of the molecule is Cc1c(C(C)C)ccc2[nH]c(Cl)nc12. The van der Waals surface area contributed by atoms with Crippen molar-refractivity contribution in [2.45, 2.75) is 26.7 Å². The Morgan fingerprint density at radius 1 is 1.36 bits per heavy atom. The molecule has 0 atom stereocenters. The van der Waals surface area contributed by atoms with Gasteiger partial charge in [0.2, 0.25) is 5.28 Å². The van der Waals surface area contributed by atoms with Crippen LogP contribution in [0, 0.1) is 6.92 Å². The van der Waals surface area contributed by atoms with E-state index in [0.29, 0.717) is 11.2 Å². The molecule has 1 N–H and O–H groups in total. The maximum absolute atomic E-state index is 5.82. The molecule has 1 aromatic heterocycles. The highest BCUT2D eigenvalue weighted by Crippen LogP contribution is 2.26. The fourth-order valence-electron chi connectivity index (χ4n) is 1.82. The van der Waals surface area contributed by atoms with E-state index in [2.05, 4.69) is 36.8 Å². The second kappa shape index (κ2) is 3.28. The van der Waals surface area contributed by atoms with Crippen molar-refractivity contribution in [2.75, 3.05) is 0 Å². The average Bonchev–Trinajstić information content (AvgIpc) is 2.46. The maximum atomic E-state index is 5.82. The van der Waals surface area contributed by atoms with Crippen LogP contribution in [0.4, 0.5) is 0 Å². The lowest BCUT2D eigenvalue weighted by Crippen LogP contribution is -1.92. The molecule has 0 unspecified atom stereocenters. The number of rotatable bonds is 1. The van der Waals surface area contributed by atoms with E-state index in [4.69, 9.17) is 11.6 Å². The summed E-state index contributed by atoms with van der Waals surface area (Å²) in [4.78, 5) is 7.29. The van der Waals surface area contributed by atoms with E-state index in [1.165, 1.54) is 11.1 Å². The minimum absolute atomic E-state index is 0.462. The Balaban J connectivity index is 2.74. The molecule has 0 spiro atoms.